The lowest BCUT2D eigenvalue weighted by Gasteiger charge is -2.27. The molecule has 0 amide bonds. The second-order valence-corrected chi connectivity index (χ2v) is 10.5. The smallest absolute Gasteiger partial charge is 0.346 e. The molecule has 1 aliphatic heterocycles. The molecule has 3 aromatic heterocycles. The summed E-state index contributed by atoms with van der Waals surface area (Å²) in [5.74, 6) is -0.191. The van der Waals surface area contributed by atoms with Gasteiger partial charge in [-0.3, -0.25) is 0 Å². The minimum atomic E-state index is -0.947. The summed E-state index contributed by atoms with van der Waals surface area (Å²) in [5.41, 5.74) is 4.10. The van der Waals surface area contributed by atoms with Crippen molar-refractivity contribution in [3.63, 3.8) is 0 Å². The Hall–Kier alpha value is -4.59. The maximum absolute atomic E-state index is 14.2. The molecule has 0 spiro atoms. The molecular weight excluding hydrogens is 531 g/mol. The van der Waals surface area contributed by atoms with Gasteiger partial charge in [0.25, 0.3) is 0 Å². The lowest BCUT2D eigenvalue weighted by Crippen LogP contribution is -2.31. The van der Waals surface area contributed by atoms with Gasteiger partial charge in [-0.2, -0.15) is 0 Å². The van der Waals surface area contributed by atoms with Crippen LogP contribution in [0.3, 0.4) is 0 Å². The van der Waals surface area contributed by atoms with Crippen LogP contribution in [0.1, 0.15) is 33.0 Å². The third-order valence-electron chi connectivity index (χ3n) is 6.79. The highest BCUT2D eigenvalue weighted by Crippen LogP contribution is 2.30. The van der Waals surface area contributed by atoms with Crippen LogP contribution in [0.25, 0.3) is 26.4 Å². The largest absolute Gasteiger partial charge is 0.477 e. The van der Waals surface area contributed by atoms with Crippen LogP contribution in [0, 0.1) is 12.4 Å². The van der Waals surface area contributed by atoms with Gasteiger partial charge >= 0.3 is 5.97 Å². The Kier molecular flexibility index (Phi) is 6.99. The number of ether oxygens (including phenoxy) is 2. The van der Waals surface area contributed by atoms with Gasteiger partial charge in [0.15, 0.2) is 5.69 Å². The molecule has 0 radical (unpaired) electrons. The number of rotatable bonds is 9. The molecule has 2 aromatic carbocycles. The van der Waals surface area contributed by atoms with Gasteiger partial charge < -0.3 is 19.1 Å². The van der Waals surface area contributed by atoms with Crippen LogP contribution < -0.4 is 4.74 Å². The third-order valence-corrected chi connectivity index (χ3v) is 7.80. The standard InChI is InChI=1S/C30H23FN4O4S/c1-32-21-10-9-20(23(31)14-21)17-39-28-4-2-3-24(33-28)19-7-5-18(6-8-19)13-27-34-29-25(15-26(40-29)30(36)37)35(27)16-22-11-12-38-22/h2-10,14-15,22H,11-13,16-17H2,(H,36,37). The maximum Gasteiger partial charge on any atom is 0.346 e. The van der Waals surface area contributed by atoms with Gasteiger partial charge in [0.2, 0.25) is 5.88 Å². The van der Waals surface area contributed by atoms with Crippen molar-refractivity contribution >= 4 is 33.3 Å². The zero-order chi connectivity index (χ0) is 27.6. The van der Waals surface area contributed by atoms with E-state index < -0.39 is 11.8 Å². The number of carboxylic acid groups (broad SMARTS) is 1. The molecule has 0 bridgehead atoms. The molecule has 1 aliphatic rings. The van der Waals surface area contributed by atoms with Crippen molar-refractivity contribution in [2.24, 2.45) is 0 Å². The van der Waals surface area contributed by atoms with E-state index in [1.165, 1.54) is 17.4 Å². The zero-order valence-corrected chi connectivity index (χ0v) is 22.0. The minimum absolute atomic E-state index is 0.00343. The van der Waals surface area contributed by atoms with Gasteiger partial charge in [0, 0.05) is 30.2 Å². The summed E-state index contributed by atoms with van der Waals surface area (Å²) in [6.45, 7) is 8.39. The summed E-state index contributed by atoms with van der Waals surface area (Å²) in [6, 6.07) is 19.4. The Bertz CT molecular complexity index is 1750. The number of nitrogens with zero attached hydrogens (tertiary/aromatic N) is 4. The highest BCUT2D eigenvalue weighted by Gasteiger charge is 2.24. The maximum atomic E-state index is 14.2. The van der Waals surface area contributed by atoms with Crippen molar-refractivity contribution in [3.8, 4) is 17.1 Å². The summed E-state index contributed by atoms with van der Waals surface area (Å²) < 4.78 is 27.6. The normalized spacial score (nSPS) is 14.6. The highest BCUT2D eigenvalue weighted by atomic mass is 32.1. The number of hydrogen-bond donors (Lipinski definition) is 1. The number of fused-ring (bicyclic) bond motifs is 1. The number of hydrogen-bond acceptors (Lipinski definition) is 6. The summed E-state index contributed by atoms with van der Waals surface area (Å²) in [6.07, 6.45) is 1.68. The number of carboxylic acids is 1. The Labute approximate surface area is 233 Å². The van der Waals surface area contributed by atoms with Crippen molar-refractivity contribution in [1.82, 2.24) is 14.5 Å². The molecule has 0 saturated carbocycles. The van der Waals surface area contributed by atoms with Crippen molar-refractivity contribution in [2.45, 2.75) is 32.1 Å². The summed E-state index contributed by atoms with van der Waals surface area (Å²) in [5, 5.41) is 9.40. The molecule has 10 heteroatoms. The Morgan fingerprint density at radius 3 is 2.70 bits per heavy atom. The monoisotopic (exact) mass is 554 g/mol. The van der Waals surface area contributed by atoms with Crippen LogP contribution in [-0.2, 0) is 24.3 Å². The second-order valence-electron chi connectivity index (χ2n) is 9.44. The van der Waals surface area contributed by atoms with Gasteiger partial charge in [0.05, 0.1) is 30.4 Å². The Morgan fingerprint density at radius 1 is 1.18 bits per heavy atom. The van der Waals surface area contributed by atoms with E-state index in [0.717, 1.165) is 41.2 Å². The van der Waals surface area contributed by atoms with Crippen LogP contribution >= 0.6 is 11.3 Å². The van der Waals surface area contributed by atoms with E-state index in [1.54, 1.807) is 24.3 Å². The molecule has 0 aliphatic carbocycles. The fraction of sp³-hybridized carbons (Fsp3) is 0.200. The van der Waals surface area contributed by atoms with Gasteiger partial charge in [-0.05, 0) is 30.2 Å². The first-order valence-electron chi connectivity index (χ1n) is 12.7. The van der Waals surface area contributed by atoms with Crippen molar-refractivity contribution in [2.75, 3.05) is 6.61 Å². The third kappa shape index (κ3) is 5.30. The molecule has 4 heterocycles. The molecular formula is C30H23FN4O4S. The Balaban J connectivity index is 1.18. The summed E-state index contributed by atoms with van der Waals surface area (Å²) >= 11 is 1.18. The Morgan fingerprint density at radius 2 is 2.00 bits per heavy atom. The summed E-state index contributed by atoms with van der Waals surface area (Å²) in [7, 11) is 0. The van der Waals surface area contributed by atoms with Crippen LogP contribution in [0.4, 0.5) is 10.1 Å². The lowest BCUT2D eigenvalue weighted by molar-refractivity contribution is -0.0589. The number of imidazole rings is 1. The number of pyridine rings is 1. The van der Waals surface area contributed by atoms with Crippen molar-refractivity contribution in [3.05, 3.63) is 106 Å². The topological polar surface area (TPSA) is 90.8 Å². The first-order chi connectivity index (χ1) is 19.5. The number of benzene rings is 2. The summed E-state index contributed by atoms with van der Waals surface area (Å²) in [4.78, 5) is 25.0. The molecule has 1 N–H and O–H groups in total. The highest BCUT2D eigenvalue weighted by molar-refractivity contribution is 7.20. The van der Waals surface area contributed by atoms with Crippen molar-refractivity contribution in [1.29, 1.82) is 0 Å². The molecule has 1 saturated heterocycles. The fourth-order valence-electron chi connectivity index (χ4n) is 4.54. The van der Waals surface area contributed by atoms with Crippen LogP contribution in [0.2, 0.25) is 0 Å². The average molecular weight is 555 g/mol. The zero-order valence-electron chi connectivity index (χ0n) is 21.2. The molecule has 6 rings (SSSR count). The van der Waals surface area contributed by atoms with Crippen LogP contribution in [0.5, 0.6) is 5.88 Å². The van der Waals surface area contributed by atoms with E-state index >= 15 is 0 Å². The van der Waals surface area contributed by atoms with Crippen LogP contribution in [0.15, 0.2) is 66.7 Å². The van der Waals surface area contributed by atoms with Gasteiger partial charge in [0.1, 0.15) is 28.0 Å². The SMILES string of the molecule is [C-]#[N+]c1ccc(COc2cccc(-c3ccc(Cc4nc5sc(C(=O)O)cc5n4CC4CCO4)cc3)n2)c(F)c1. The van der Waals surface area contributed by atoms with E-state index in [0.29, 0.717) is 29.2 Å². The van der Waals surface area contributed by atoms with Gasteiger partial charge in [-0.15, -0.1) is 11.3 Å². The number of aromatic nitrogens is 3. The number of carbonyl (C=O) groups is 1. The average Bonchev–Trinajstić information content (AvgIpc) is 3.49. The molecule has 8 nitrogen and oxygen atoms in total. The predicted octanol–water partition coefficient (Wildman–Crippen LogP) is 6.51. The first-order valence-corrected chi connectivity index (χ1v) is 13.5. The second kappa shape index (κ2) is 10.9. The molecule has 1 unspecified atom stereocenters. The van der Waals surface area contributed by atoms with E-state index in [9.17, 15) is 14.3 Å². The molecule has 5 aromatic rings. The van der Waals surface area contributed by atoms with Crippen LogP contribution in [-0.4, -0.2) is 38.3 Å². The number of aromatic carboxylic acids is 1. The quantitative estimate of drug-likeness (QED) is 0.209. The number of halogens is 1. The van der Waals surface area contributed by atoms with E-state index in [-0.39, 0.29) is 23.3 Å². The van der Waals surface area contributed by atoms with E-state index in [1.807, 2.05) is 36.4 Å². The predicted molar refractivity (Wildman–Crippen MR) is 148 cm³/mol. The van der Waals surface area contributed by atoms with E-state index in [4.69, 9.17) is 21.0 Å². The minimum Gasteiger partial charge on any atom is -0.477 e. The van der Waals surface area contributed by atoms with E-state index in [2.05, 4.69) is 14.4 Å². The van der Waals surface area contributed by atoms with Gasteiger partial charge in [-0.25, -0.2) is 24.0 Å². The number of thiophene rings is 1. The lowest BCUT2D eigenvalue weighted by atomic mass is 10.1. The molecule has 200 valence electrons. The van der Waals surface area contributed by atoms with Gasteiger partial charge in [-0.1, -0.05) is 42.5 Å². The molecule has 40 heavy (non-hydrogen) atoms. The van der Waals surface area contributed by atoms with Crippen molar-refractivity contribution < 1.29 is 23.8 Å². The first kappa shape index (κ1) is 25.7. The molecule has 1 atom stereocenters. The molecule has 1 fully saturated rings. The fourth-order valence-corrected chi connectivity index (χ4v) is 5.44.